The molecular weight excluding hydrogens is 402 g/mol. The van der Waals surface area contributed by atoms with Gasteiger partial charge in [0, 0.05) is 11.3 Å². The molecule has 0 aromatic heterocycles. The molecule has 0 radical (unpaired) electrons. The van der Waals surface area contributed by atoms with Crippen molar-refractivity contribution >= 4 is 33.1 Å². The number of nitrogens with one attached hydrogen (secondary N) is 2. The van der Waals surface area contributed by atoms with Crippen LogP contribution in [-0.2, 0) is 14.8 Å². The number of hydrogen-bond donors (Lipinski definition) is 2. The van der Waals surface area contributed by atoms with E-state index in [1.54, 1.807) is 30.3 Å². The van der Waals surface area contributed by atoms with Gasteiger partial charge in [0.1, 0.15) is 0 Å². The number of carbonyl (C=O) groups excluding carboxylic acids is 2. The lowest BCUT2D eigenvalue weighted by molar-refractivity contribution is -0.117. The highest BCUT2D eigenvalue weighted by Crippen LogP contribution is 2.20. The van der Waals surface area contributed by atoms with Gasteiger partial charge in [0.2, 0.25) is 5.91 Å². The molecular formula is C22H27N3O4S. The first-order valence-electron chi connectivity index (χ1n) is 10.1. The Hall–Kier alpha value is -2.71. The predicted octanol–water partition coefficient (Wildman–Crippen LogP) is 3.50. The minimum Gasteiger partial charge on any atom is -0.325 e. The SMILES string of the molecule is CC(=O)c1cccc(S(=O)(=O)Nc2cccc(NC(=O)CN3CCCCCC3)c2)c1. The summed E-state index contributed by atoms with van der Waals surface area (Å²) >= 11 is 0. The highest BCUT2D eigenvalue weighted by molar-refractivity contribution is 7.92. The van der Waals surface area contributed by atoms with Gasteiger partial charge in [0.05, 0.1) is 17.1 Å². The molecule has 2 aromatic rings. The van der Waals surface area contributed by atoms with Crippen LogP contribution in [0.15, 0.2) is 53.4 Å². The third-order valence-electron chi connectivity index (χ3n) is 5.02. The molecule has 30 heavy (non-hydrogen) atoms. The van der Waals surface area contributed by atoms with Gasteiger partial charge in [-0.25, -0.2) is 8.42 Å². The van der Waals surface area contributed by atoms with Gasteiger partial charge in [-0.2, -0.15) is 0 Å². The van der Waals surface area contributed by atoms with Crippen LogP contribution in [-0.4, -0.2) is 44.6 Å². The summed E-state index contributed by atoms with van der Waals surface area (Å²) in [6.07, 6.45) is 4.62. The molecule has 1 amide bonds. The summed E-state index contributed by atoms with van der Waals surface area (Å²) in [7, 11) is -3.86. The highest BCUT2D eigenvalue weighted by atomic mass is 32.2. The monoisotopic (exact) mass is 429 g/mol. The summed E-state index contributed by atoms with van der Waals surface area (Å²) in [6.45, 7) is 3.56. The molecule has 0 spiro atoms. The number of benzene rings is 2. The summed E-state index contributed by atoms with van der Waals surface area (Å²) < 4.78 is 27.9. The number of rotatable bonds is 7. The number of sulfonamides is 1. The van der Waals surface area contributed by atoms with Crippen molar-refractivity contribution in [3.63, 3.8) is 0 Å². The normalized spacial score (nSPS) is 15.2. The molecule has 0 unspecified atom stereocenters. The quantitative estimate of drug-likeness (QED) is 0.657. The molecule has 0 atom stereocenters. The summed E-state index contributed by atoms with van der Waals surface area (Å²) in [6, 6.07) is 12.5. The maximum absolute atomic E-state index is 12.7. The van der Waals surface area contributed by atoms with Crippen molar-refractivity contribution in [3.8, 4) is 0 Å². The van der Waals surface area contributed by atoms with Gasteiger partial charge < -0.3 is 5.32 Å². The lowest BCUT2D eigenvalue weighted by Crippen LogP contribution is -2.33. The van der Waals surface area contributed by atoms with E-state index >= 15 is 0 Å². The second kappa shape index (κ2) is 9.86. The van der Waals surface area contributed by atoms with E-state index in [1.165, 1.54) is 38.0 Å². The molecule has 1 fully saturated rings. The Balaban J connectivity index is 1.66. The van der Waals surface area contributed by atoms with E-state index in [9.17, 15) is 18.0 Å². The van der Waals surface area contributed by atoms with Crippen molar-refractivity contribution in [1.29, 1.82) is 0 Å². The van der Waals surface area contributed by atoms with E-state index in [-0.39, 0.29) is 16.6 Å². The van der Waals surface area contributed by atoms with Gasteiger partial charge in [-0.15, -0.1) is 0 Å². The van der Waals surface area contributed by atoms with Crippen molar-refractivity contribution in [2.24, 2.45) is 0 Å². The van der Waals surface area contributed by atoms with Gasteiger partial charge in [0.15, 0.2) is 5.78 Å². The summed E-state index contributed by atoms with van der Waals surface area (Å²) in [5, 5.41) is 2.84. The molecule has 0 saturated carbocycles. The van der Waals surface area contributed by atoms with Crippen LogP contribution in [0.1, 0.15) is 43.0 Å². The number of likely N-dealkylation sites (tertiary alicyclic amines) is 1. The average Bonchev–Trinajstić information content (AvgIpc) is 2.96. The zero-order valence-electron chi connectivity index (χ0n) is 17.1. The fraction of sp³-hybridized carbons (Fsp3) is 0.364. The Morgan fingerprint density at radius 1 is 0.933 bits per heavy atom. The summed E-state index contributed by atoms with van der Waals surface area (Å²) in [5.41, 5.74) is 1.18. The zero-order chi connectivity index (χ0) is 21.6. The molecule has 2 aromatic carbocycles. The number of anilines is 2. The molecule has 3 rings (SSSR count). The Labute approximate surface area is 177 Å². The first-order valence-corrected chi connectivity index (χ1v) is 11.6. The van der Waals surface area contributed by atoms with E-state index in [0.717, 1.165) is 25.9 Å². The molecule has 7 nitrogen and oxygen atoms in total. The standard InChI is InChI=1S/C22H27N3O4S/c1-17(26)18-8-6-11-21(14-18)30(28,29)24-20-10-7-9-19(15-20)23-22(27)16-25-12-4-2-3-5-13-25/h6-11,14-15,24H,2-5,12-13,16H2,1H3,(H,23,27). The van der Waals surface area contributed by atoms with E-state index in [1.807, 2.05) is 0 Å². The first-order chi connectivity index (χ1) is 14.3. The molecule has 0 aliphatic carbocycles. The van der Waals surface area contributed by atoms with Gasteiger partial charge in [-0.1, -0.05) is 31.0 Å². The number of Topliss-reactive ketones (excluding diaryl/α,β-unsaturated/α-hetero) is 1. The highest BCUT2D eigenvalue weighted by Gasteiger charge is 2.17. The number of amides is 1. The summed E-state index contributed by atoms with van der Waals surface area (Å²) in [4.78, 5) is 26.1. The Morgan fingerprint density at radius 2 is 1.60 bits per heavy atom. The minimum atomic E-state index is -3.86. The maximum Gasteiger partial charge on any atom is 0.261 e. The second-order valence-electron chi connectivity index (χ2n) is 7.51. The van der Waals surface area contributed by atoms with Crippen LogP contribution < -0.4 is 10.0 Å². The molecule has 2 N–H and O–H groups in total. The average molecular weight is 430 g/mol. The van der Waals surface area contributed by atoms with E-state index < -0.39 is 10.0 Å². The number of hydrogen-bond acceptors (Lipinski definition) is 5. The molecule has 8 heteroatoms. The molecule has 1 aliphatic rings. The van der Waals surface area contributed by atoms with Crippen LogP contribution in [0.5, 0.6) is 0 Å². The Morgan fingerprint density at radius 3 is 2.30 bits per heavy atom. The zero-order valence-corrected chi connectivity index (χ0v) is 17.9. The Kier molecular flexibility index (Phi) is 7.23. The van der Waals surface area contributed by atoms with Crippen molar-refractivity contribution in [3.05, 3.63) is 54.1 Å². The van der Waals surface area contributed by atoms with Gasteiger partial charge in [-0.3, -0.25) is 19.2 Å². The maximum atomic E-state index is 12.7. The number of carbonyl (C=O) groups is 2. The lowest BCUT2D eigenvalue weighted by atomic mass is 10.2. The Bertz CT molecular complexity index is 1010. The smallest absolute Gasteiger partial charge is 0.261 e. The summed E-state index contributed by atoms with van der Waals surface area (Å²) in [5.74, 6) is -0.327. The number of nitrogens with zero attached hydrogens (tertiary/aromatic N) is 1. The van der Waals surface area contributed by atoms with Crippen molar-refractivity contribution in [2.45, 2.75) is 37.5 Å². The number of ketones is 1. The van der Waals surface area contributed by atoms with Gasteiger partial charge in [0.25, 0.3) is 10.0 Å². The minimum absolute atomic E-state index is 0.00537. The molecule has 1 saturated heterocycles. The third kappa shape index (κ3) is 6.14. The van der Waals surface area contributed by atoms with Crippen LogP contribution in [0.4, 0.5) is 11.4 Å². The molecule has 0 bridgehead atoms. The van der Waals surface area contributed by atoms with Crippen LogP contribution >= 0.6 is 0 Å². The van der Waals surface area contributed by atoms with Crippen LogP contribution in [0, 0.1) is 0 Å². The largest absolute Gasteiger partial charge is 0.325 e. The van der Waals surface area contributed by atoms with Crippen molar-refractivity contribution in [1.82, 2.24) is 4.90 Å². The van der Waals surface area contributed by atoms with Gasteiger partial charge in [-0.05, 0) is 63.2 Å². The van der Waals surface area contributed by atoms with Crippen molar-refractivity contribution < 1.29 is 18.0 Å². The van der Waals surface area contributed by atoms with E-state index in [2.05, 4.69) is 14.9 Å². The lowest BCUT2D eigenvalue weighted by Gasteiger charge is -2.19. The molecule has 160 valence electrons. The van der Waals surface area contributed by atoms with Crippen molar-refractivity contribution in [2.75, 3.05) is 29.7 Å². The van der Waals surface area contributed by atoms with Gasteiger partial charge >= 0.3 is 0 Å². The van der Waals surface area contributed by atoms with Crippen LogP contribution in [0.3, 0.4) is 0 Å². The van der Waals surface area contributed by atoms with Crippen LogP contribution in [0.2, 0.25) is 0 Å². The molecule has 1 heterocycles. The second-order valence-corrected chi connectivity index (χ2v) is 9.19. The fourth-order valence-electron chi connectivity index (χ4n) is 3.45. The third-order valence-corrected chi connectivity index (χ3v) is 6.39. The van der Waals surface area contributed by atoms with E-state index in [4.69, 9.17) is 0 Å². The topological polar surface area (TPSA) is 95.6 Å². The van der Waals surface area contributed by atoms with Crippen LogP contribution in [0.25, 0.3) is 0 Å². The first kappa shape index (κ1) is 22.0. The van der Waals surface area contributed by atoms with E-state index in [0.29, 0.717) is 23.5 Å². The fourth-order valence-corrected chi connectivity index (χ4v) is 4.55. The predicted molar refractivity (Wildman–Crippen MR) is 117 cm³/mol. The molecule has 1 aliphatic heterocycles.